The van der Waals surface area contributed by atoms with Crippen LogP contribution in [0.25, 0.3) is 0 Å². The molecular weight excluding hydrogens is 286 g/mol. The van der Waals surface area contributed by atoms with Crippen molar-refractivity contribution in [1.82, 2.24) is 0 Å². The van der Waals surface area contributed by atoms with Crippen LogP contribution in [0.1, 0.15) is 53.9 Å². The van der Waals surface area contributed by atoms with Crippen LogP contribution in [0.5, 0.6) is 0 Å². The molecule has 6 heteroatoms. The topological polar surface area (TPSA) is 74.2 Å². The van der Waals surface area contributed by atoms with Crippen molar-refractivity contribution in [1.29, 1.82) is 0 Å². The second-order valence-electron chi connectivity index (χ2n) is 6.05. The normalized spacial score (nSPS) is 20.1. The molecule has 0 N–H and O–H groups in total. The minimum atomic E-state index is -0.924. The maximum absolute atomic E-state index is 11.9. The summed E-state index contributed by atoms with van der Waals surface area (Å²) >= 11 is 0. The van der Waals surface area contributed by atoms with Crippen molar-refractivity contribution in [3.8, 4) is 0 Å². The zero-order valence-electron chi connectivity index (χ0n) is 14.2. The smallest absolute Gasteiger partial charge is 0.320 e. The van der Waals surface area contributed by atoms with Gasteiger partial charge in [-0.15, -0.1) is 0 Å². The highest BCUT2D eigenvalue weighted by Crippen LogP contribution is 2.26. The van der Waals surface area contributed by atoms with Crippen molar-refractivity contribution in [2.45, 2.75) is 65.5 Å². The predicted molar refractivity (Wildman–Crippen MR) is 82.7 cm³/mol. The van der Waals surface area contributed by atoms with Gasteiger partial charge < -0.3 is 14.2 Å². The molecule has 0 spiro atoms. The van der Waals surface area contributed by atoms with Gasteiger partial charge in [-0.25, -0.2) is 4.99 Å². The van der Waals surface area contributed by atoms with Gasteiger partial charge in [0.25, 0.3) is 0 Å². The van der Waals surface area contributed by atoms with Crippen LogP contribution < -0.4 is 0 Å². The van der Waals surface area contributed by atoms with Gasteiger partial charge in [0.05, 0.1) is 24.9 Å². The van der Waals surface area contributed by atoms with Gasteiger partial charge in [0, 0.05) is 12.8 Å². The summed E-state index contributed by atoms with van der Waals surface area (Å²) in [5, 5.41) is 0. The van der Waals surface area contributed by atoms with Crippen LogP contribution in [-0.2, 0) is 23.8 Å². The number of hydrogen-bond acceptors (Lipinski definition) is 6. The van der Waals surface area contributed by atoms with Crippen molar-refractivity contribution in [2.75, 3.05) is 13.2 Å². The third-order valence-electron chi connectivity index (χ3n) is 3.34. The first-order chi connectivity index (χ1) is 10.3. The zero-order valence-corrected chi connectivity index (χ0v) is 14.2. The predicted octanol–water partition coefficient (Wildman–Crippen LogP) is 2.49. The molecule has 0 fully saturated rings. The molecule has 0 aromatic carbocycles. The molecule has 1 rings (SSSR count). The lowest BCUT2D eigenvalue weighted by Crippen LogP contribution is -2.35. The summed E-state index contributed by atoms with van der Waals surface area (Å²) < 4.78 is 15.6. The average Bonchev–Trinajstić information content (AvgIpc) is 2.37. The molecule has 126 valence electrons. The number of nitrogens with zero attached hydrogens (tertiary/aromatic N) is 1. The molecule has 0 aliphatic carbocycles. The minimum Gasteiger partial charge on any atom is -0.478 e. The summed E-state index contributed by atoms with van der Waals surface area (Å²) in [4.78, 5) is 28.4. The van der Waals surface area contributed by atoms with Crippen LogP contribution in [0.15, 0.2) is 4.99 Å². The Morgan fingerprint density at radius 3 is 2.27 bits per heavy atom. The molecule has 0 saturated heterocycles. The van der Waals surface area contributed by atoms with E-state index in [1.54, 1.807) is 13.8 Å². The molecule has 6 nitrogen and oxygen atoms in total. The maximum Gasteiger partial charge on any atom is 0.320 e. The fraction of sp³-hybridized carbons (Fsp3) is 0.812. The average molecular weight is 313 g/mol. The summed E-state index contributed by atoms with van der Waals surface area (Å²) in [5.74, 6) is -1.44. The second kappa shape index (κ2) is 8.15. The SMILES string of the molecule is CCOC(=O)C(CCC1=NC(C)(C)C[C@@H](C)O1)C(=O)OCC. The number of rotatable bonds is 7. The summed E-state index contributed by atoms with van der Waals surface area (Å²) in [6, 6.07) is 0. The third-order valence-corrected chi connectivity index (χ3v) is 3.34. The molecule has 0 radical (unpaired) electrons. The Hall–Kier alpha value is -1.59. The van der Waals surface area contributed by atoms with Gasteiger partial charge in [-0.2, -0.15) is 0 Å². The van der Waals surface area contributed by atoms with Gasteiger partial charge in [0.1, 0.15) is 0 Å². The second-order valence-corrected chi connectivity index (χ2v) is 6.05. The lowest BCUT2D eigenvalue weighted by Gasteiger charge is -2.31. The zero-order chi connectivity index (χ0) is 16.8. The Kier molecular flexibility index (Phi) is 6.84. The lowest BCUT2D eigenvalue weighted by atomic mass is 9.96. The molecule has 1 heterocycles. The number of ether oxygens (including phenoxy) is 3. The number of carbonyl (C=O) groups excluding carboxylic acids is 2. The van der Waals surface area contributed by atoms with Gasteiger partial charge in [0.15, 0.2) is 11.8 Å². The van der Waals surface area contributed by atoms with Crippen LogP contribution >= 0.6 is 0 Å². The number of esters is 2. The quantitative estimate of drug-likeness (QED) is 0.533. The van der Waals surface area contributed by atoms with E-state index in [0.29, 0.717) is 12.3 Å². The van der Waals surface area contributed by atoms with E-state index >= 15 is 0 Å². The van der Waals surface area contributed by atoms with Crippen LogP contribution in [0.2, 0.25) is 0 Å². The van der Waals surface area contributed by atoms with E-state index in [2.05, 4.69) is 4.99 Å². The third kappa shape index (κ3) is 5.66. The summed E-state index contributed by atoms with van der Waals surface area (Å²) in [5.41, 5.74) is -0.184. The molecule has 0 aromatic heterocycles. The van der Waals surface area contributed by atoms with E-state index < -0.39 is 17.9 Å². The first-order valence-electron chi connectivity index (χ1n) is 7.87. The fourth-order valence-corrected chi connectivity index (χ4v) is 2.59. The van der Waals surface area contributed by atoms with Crippen molar-refractivity contribution < 1.29 is 23.8 Å². The Morgan fingerprint density at radius 1 is 1.27 bits per heavy atom. The Bertz CT molecular complexity index is 412. The number of carbonyl (C=O) groups is 2. The van der Waals surface area contributed by atoms with E-state index in [1.165, 1.54) is 0 Å². The molecule has 22 heavy (non-hydrogen) atoms. The molecule has 0 saturated carbocycles. The van der Waals surface area contributed by atoms with Crippen LogP contribution in [0.4, 0.5) is 0 Å². The van der Waals surface area contributed by atoms with E-state index in [1.807, 2.05) is 20.8 Å². The number of aliphatic imine (C=N–C) groups is 1. The van der Waals surface area contributed by atoms with E-state index in [0.717, 1.165) is 6.42 Å². The van der Waals surface area contributed by atoms with Crippen LogP contribution in [0.3, 0.4) is 0 Å². The van der Waals surface area contributed by atoms with E-state index in [-0.39, 0.29) is 31.3 Å². The Balaban J connectivity index is 2.72. The van der Waals surface area contributed by atoms with E-state index in [9.17, 15) is 9.59 Å². The molecule has 0 bridgehead atoms. The van der Waals surface area contributed by atoms with Crippen LogP contribution in [0, 0.1) is 5.92 Å². The van der Waals surface area contributed by atoms with Gasteiger partial charge in [-0.3, -0.25) is 9.59 Å². The highest BCUT2D eigenvalue weighted by atomic mass is 16.6. The first-order valence-corrected chi connectivity index (χ1v) is 7.87. The molecule has 0 aromatic rings. The van der Waals surface area contributed by atoms with Crippen molar-refractivity contribution in [2.24, 2.45) is 10.9 Å². The molecule has 1 aliphatic rings. The van der Waals surface area contributed by atoms with E-state index in [4.69, 9.17) is 14.2 Å². The molecule has 0 amide bonds. The fourth-order valence-electron chi connectivity index (χ4n) is 2.59. The Labute approximate surface area is 132 Å². The highest BCUT2D eigenvalue weighted by Gasteiger charge is 2.32. The molecule has 1 atom stereocenters. The summed E-state index contributed by atoms with van der Waals surface area (Å²) in [6.07, 6.45) is 1.61. The maximum atomic E-state index is 11.9. The van der Waals surface area contributed by atoms with Gasteiger partial charge in [-0.1, -0.05) is 0 Å². The van der Waals surface area contributed by atoms with Crippen molar-refractivity contribution in [3.05, 3.63) is 0 Å². The molecule has 1 aliphatic heterocycles. The monoisotopic (exact) mass is 313 g/mol. The summed E-state index contributed by atoms with van der Waals surface area (Å²) in [7, 11) is 0. The molecular formula is C16H27NO5. The Morgan fingerprint density at radius 2 is 1.82 bits per heavy atom. The van der Waals surface area contributed by atoms with Gasteiger partial charge >= 0.3 is 11.9 Å². The van der Waals surface area contributed by atoms with Crippen molar-refractivity contribution in [3.63, 3.8) is 0 Å². The standard InChI is InChI=1S/C16H27NO5/c1-6-20-14(18)12(15(19)21-7-2)8-9-13-17-16(4,5)10-11(3)22-13/h11-12H,6-10H2,1-5H3/t11-/m1/s1. The molecule has 0 unspecified atom stereocenters. The van der Waals surface area contributed by atoms with Crippen LogP contribution in [-0.4, -0.2) is 42.7 Å². The van der Waals surface area contributed by atoms with Gasteiger partial charge in [0.2, 0.25) is 0 Å². The van der Waals surface area contributed by atoms with Gasteiger partial charge in [-0.05, 0) is 41.0 Å². The summed E-state index contributed by atoms with van der Waals surface area (Å²) in [6.45, 7) is 9.95. The van der Waals surface area contributed by atoms with Crippen molar-refractivity contribution >= 4 is 17.8 Å². The largest absolute Gasteiger partial charge is 0.478 e. The number of hydrogen-bond donors (Lipinski definition) is 0. The first kappa shape index (κ1) is 18.5. The minimum absolute atomic E-state index is 0.0751. The lowest BCUT2D eigenvalue weighted by molar-refractivity contribution is -0.161. The highest BCUT2D eigenvalue weighted by molar-refractivity contribution is 5.95.